The monoisotopic (exact) mass is 301 g/mol. The Kier molecular flexibility index (Phi) is 3.41. The van der Waals surface area contributed by atoms with Crippen LogP contribution in [0.3, 0.4) is 0 Å². The molecule has 0 aliphatic heterocycles. The van der Waals surface area contributed by atoms with E-state index in [9.17, 15) is 0 Å². The minimum absolute atomic E-state index is 0.175. The molecule has 0 bridgehead atoms. The van der Waals surface area contributed by atoms with Gasteiger partial charge in [-0.1, -0.05) is 6.92 Å². The van der Waals surface area contributed by atoms with Crippen molar-refractivity contribution in [1.82, 2.24) is 10.2 Å². The van der Waals surface area contributed by atoms with Gasteiger partial charge in [-0.15, -0.1) is 21.5 Å². The van der Waals surface area contributed by atoms with Gasteiger partial charge in [0, 0.05) is 0 Å². The van der Waals surface area contributed by atoms with Crippen LogP contribution in [0.25, 0.3) is 10.8 Å². The zero-order valence-electron chi connectivity index (χ0n) is 9.03. The molecule has 2 aromatic rings. The van der Waals surface area contributed by atoms with E-state index in [4.69, 9.17) is 10.2 Å². The standard InChI is InChI=1S/C10H12BrN3OS/c1-3-6(12)9-13-14-10(15-9)7-4-5(2)8(11)16-7/h4,6H,3,12H2,1-2H3. The summed E-state index contributed by atoms with van der Waals surface area (Å²) in [7, 11) is 0. The van der Waals surface area contributed by atoms with Crippen molar-refractivity contribution in [3.8, 4) is 10.8 Å². The van der Waals surface area contributed by atoms with Crippen molar-refractivity contribution < 1.29 is 4.42 Å². The fourth-order valence-corrected chi connectivity index (χ4v) is 2.68. The van der Waals surface area contributed by atoms with Crippen LogP contribution in [0.4, 0.5) is 0 Å². The van der Waals surface area contributed by atoms with Crippen molar-refractivity contribution in [3.05, 3.63) is 21.3 Å². The second kappa shape index (κ2) is 4.65. The second-order valence-electron chi connectivity index (χ2n) is 3.53. The molecule has 0 aliphatic rings. The number of nitrogens with two attached hydrogens (primary N) is 1. The minimum Gasteiger partial charge on any atom is -0.418 e. The average molecular weight is 302 g/mol. The second-order valence-corrected chi connectivity index (χ2v) is 5.90. The first-order valence-electron chi connectivity index (χ1n) is 4.97. The highest BCUT2D eigenvalue weighted by Crippen LogP contribution is 2.34. The Balaban J connectivity index is 2.31. The molecule has 0 fully saturated rings. The lowest BCUT2D eigenvalue weighted by molar-refractivity contribution is 0.453. The van der Waals surface area contributed by atoms with Crippen LogP contribution in [0.5, 0.6) is 0 Å². The number of hydrogen-bond donors (Lipinski definition) is 1. The number of halogens is 1. The zero-order valence-corrected chi connectivity index (χ0v) is 11.4. The Bertz CT molecular complexity index is 474. The van der Waals surface area contributed by atoms with Crippen LogP contribution < -0.4 is 5.73 Å². The molecule has 0 aliphatic carbocycles. The highest BCUT2D eigenvalue weighted by molar-refractivity contribution is 9.11. The van der Waals surface area contributed by atoms with Crippen molar-refractivity contribution >= 4 is 27.3 Å². The van der Waals surface area contributed by atoms with Crippen molar-refractivity contribution in [2.24, 2.45) is 5.73 Å². The molecule has 2 rings (SSSR count). The summed E-state index contributed by atoms with van der Waals surface area (Å²) < 4.78 is 6.62. The number of aromatic nitrogens is 2. The molecule has 0 aromatic carbocycles. The Hall–Kier alpha value is -0.720. The molecule has 2 aromatic heterocycles. The predicted octanol–water partition coefficient (Wildman–Crippen LogP) is 3.28. The summed E-state index contributed by atoms with van der Waals surface area (Å²) in [5.74, 6) is 1.04. The third kappa shape index (κ3) is 2.18. The van der Waals surface area contributed by atoms with E-state index in [-0.39, 0.29) is 6.04 Å². The van der Waals surface area contributed by atoms with Gasteiger partial charge in [-0.05, 0) is 40.9 Å². The third-order valence-electron chi connectivity index (χ3n) is 2.27. The van der Waals surface area contributed by atoms with E-state index in [0.29, 0.717) is 11.8 Å². The largest absolute Gasteiger partial charge is 0.418 e. The summed E-state index contributed by atoms with van der Waals surface area (Å²) in [6.45, 7) is 4.01. The fourth-order valence-electron chi connectivity index (χ4n) is 1.22. The van der Waals surface area contributed by atoms with Crippen molar-refractivity contribution in [2.45, 2.75) is 26.3 Å². The maximum absolute atomic E-state index is 5.82. The van der Waals surface area contributed by atoms with Crippen molar-refractivity contribution in [3.63, 3.8) is 0 Å². The molecular formula is C10H12BrN3OS. The molecule has 0 saturated carbocycles. The molecule has 4 nitrogen and oxygen atoms in total. The van der Waals surface area contributed by atoms with E-state index in [0.717, 1.165) is 15.1 Å². The number of rotatable bonds is 3. The number of aryl methyl sites for hydroxylation is 1. The highest BCUT2D eigenvalue weighted by Gasteiger charge is 2.15. The molecule has 2 heterocycles. The first-order valence-corrected chi connectivity index (χ1v) is 6.58. The van der Waals surface area contributed by atoms with Gasteiger partial charge in [-0.3, -0.25) is 0 Å². The first kappa shape index (κ1) is 11.8. The summed E-state index contributed by atoms with van der Waals surface area (Å²) in [6.07, 6.45) is 0.787. The van der Waals surface area contributed by atoms with E-state index in [2.05, 4.69) is 26.1 Å². The van der Waals surface area contributed by atoms with Crippen LogP contribution >= 0.6 is 27.3 Å². The Labute approximate surface area is 106 Å². The van der Waals surface area contributed by atoms with Crippen LogP contribution in [0.2, 0.25) is 0 Å². The molecule has 16 heavy (non-hydrogen) atoms. The summed E-state index contributed by atoms with van der Waals surface area (Å²) in [4.78, 5) is 0.964. The number of hydrogen-bond acceptors (Lipinski definition) is 5. The fraction of sp³-hybridized carbons (Fsp3) is 0.400. The van der Waals surface area contributed by atoms with Gasteiger partial charge in [0.2, 0.25) is 5.89 Å². The predicted molar refractivity (Wildman–Crippen MR) is 67.3 cm³/mol. The quantitative estimate of drug-likeness (QED) is 0.945. The lowest BCUT2D eigenvalue weighted by Crippen LogP contribution is -2.08. The van der Waals surface area contributed by atoms with Crippen LogP contribution in [-0.2, 0) is 0 Å². The molecular weight excluding hydrogens is 290 g/mol. The molecule has 0 saturated heterocycles. The Morgan fingerprint density at radius 3 is 2.88 bits per heavy atom. The van der Waals surface area contributed by atoms with Crippen LogP contribution in [0, 0.1) is 6.92 Å². The van der Waals surface area contributed by atoms with Crippen LogP contribution in [0.1, 0.15) is 30.8 Å². The molecule has 0 spiro atoms. The molecule has 0 radical (unpaired) electrons. The van der Waals surface area contributed by atoms with Crippen molar-refractivity contribution in [2.75, 3.05) is 0 Å². The van der Waals surface area contributed by atoms with Crippen molar-refractivity contribution in [1.29, 1.82) is 0 Å². The lowest BCUT2D eigenvalue weighted by atomic mass is 10.2. The van der Waals surface area contributed by atoms with Gasteiger partial charge < -0.3 is 10.2 Å². The van der Waals surface area contributed by atoms with E-state index in [1.807, 2.05) is 19.9 Å². The van der Waals surface area contributed by atoms with Crippen LogP contribution in [-0.4, -0.2) is 10.2 Å². The van der Waals surface area contributed by atoms with Gasteiger partial charge in [0.1, 0.15) is 0 Å². The van der Waals surface area contributed by atoms with Gasteiger partial charge in [0.05, 0.1) is 14.7 Å². The zero-order chi connectivity index (χ0) is 11.7. The number of thiophene rings is 1. The molecule has 1 unspecified atom stereocenters. The SMILES string of the molecule is CCC(N)c1nnc(-c2cc(C)c(Br)s2)o1. The Morgan fingerprint density at radius 2 is 2.31 bits per heavy atom. The smallest absolute Gasteiger partial charge is 0.257 e. The summed E-state index contributed by atoms with van der Waals surface area (Å²) >= 11 is 5.05. The maximum Gasteiger partial charge on any atom is 0.257 e. The van der Waals surface area contributed by atoms with E-state index in [1.54, 1.807) is 11.3 Å². The topological polar surface area (TPSA) is 64.9 Å². The molecule has 6 heteroatoms. The van der Waals surface area contributed by atoms with Gasteiger partial charge in [-0.25, -0.2) is 0 Å². The molecule has 86 valence electrons. The maximum atomic E-state index is 5.82. The minimum atomic E-state index is -0.175. The van der Waals surface area contributed by atoms with E-state index < -0.39 is 0 Å². The summed E-state index contributed by atoms with van der Waals surface area (Å²) in [6, 6.07) is 1.84. The van der Waals surface area contributed by atoms with Gasteiger partial charge in [0.25, 0.3) is 5.89 Å². The molecule has 0 amide bonds. The first-order chi connectivity index (χ1) is 7.61. The average Bonchev–Trinajstić information content (AvgIpc) is 2.86. The van der Waals surface area contributed by atoms with Gasteiger partial charge in [-0.2, -0.15) is 0 Å². The third-order valence-corrected chi connectivity index (χ3v) is 4.39. The normalized spacial score (nSPS) is 13.0. The van der Waals surface area contributed by atoms with Gasteiger partial charge >= 0.3 is 0 Å². The van der Waals surface area contributed by atoms with Gasteiger partial charge in [0.15, 0.2) is 0 Å². The number of nitrogens with zero attached hydrogens (tertiary/aromatic N) is 2. The summed E-state index contributed by atoms with van der Waals surface area (Å²) in [5.41, 5.74) is 6.98. The molecule has 1 atom stereocenters. The van der Waals surface area contributed by atoms with E-state index in [1.165, 1.54) is 5.56 Å². The molecule has 2 N–H and O–H groups in total. The Morgan fingerprint density at radius 1 is 1.56 bits per heavy atom. The highest BCUT2D eigenvalue weighted by atomic mass is 79.9. The lowest BCUT2D eigenvalue weighted by Gasteiger charge is -1.99. The summed E-state index contributed by atoms with van der Waals surface area (Å²) in [5, 5.41) is 7.95. The van der Waals surface area contributed by atoms with E-state index >= 15 is 0 Å². The van der Waals surface area contributed by atoms with Crippen LogP contribution in [0.15, 0.2) is 14.3 Å².